The Morgan fingerprint density at radius 3 is 2.48 bits per heavy atom. The van der Waals surface area contributed by atoms with Gasteiger partial charge in [0.2, 0.25) is 15.9 Å². The van der Waals surface area contributed by atoms with E-state index in [9.17, 15) is 13.2 Å². The Kier molecular flexibility index (Phi) is 7.94. The SMILES string of the molecule is COc1ccc(Cl)cc1S(=O)(=O)N(CCC(=O)N1CCNCC1)Cc1ccc(C)cc1. The number of sulfonamides is 1. The van der Waals surface area contributed by atoms with Gasteiger partial charge in [-0.25, -0.2) is 8.42 Å². The van der Waals surface area contributed by atoms with Gasteiger partial charge in [-0.1, -0.05) is 41.4 Å². The van der Waals surface area contributed by atoms with E-state index in [2.05, 4.69) is 5.32 Å². The molecule has 168 valence electrons. The lowest BCUT2D eigenvalue weighted by Crippen LogP contribution is -2.47. The van der Waals surface area contributed by atoms with E-state index >= 15 is 0 Å². The van der Waals surface area contributed by atoms with Crippen LogP contribution < -0.4 is 10.1 Å². The zero-order valence-corrected chi connectivity index (χ0v) is 19.4. The predicted molar refractivity (Wildman–Crippen MR) is 121 cm³/mol. The number of hydrogen-bond acceptors (Lipinski definition) is 5. The summed E-state index contributed by atoms with van der Waals surface area (Å²) in [4.78, 5) is 14.4. The molecule has 0 radical (unpaired) electrons. The van der Waals surface area contributed by atoms with Crippen molar-refractivity contribution >= 4 is 27.5 Å². The van der Waals surface area contributed by atoms with E-state index in [1.54, 1.807) is 11.0 Å². The smallest absolute Gasteiger partial charge is 0.247 e. The van der Waals surface area contributed by atoms with Gasteiger partial charge in [-0.15, -0.1) is 0 Å². The van der Waals surface area contributed by atoms with Crippen molar-refractivity contribution in [2.45, 2.75) is 24.8 Å². The molecule has 0 aromatic heterocycles. The molecule has 1 N–H and O–H groups in total. The Labute approximate surface area is 189 Å². The van der Waals surface area contributed by atoms with Crippen LogP contribution in [0.15, 0.2) is 47.4 Å². The first-order valence-electron chi connectivity index (χ1n) is 10.2. The highest BCUT2D eigenvalue weighted by Gasteiger charge is 2.29. The second-order valence-electron chi connectivity index (χ2n) is 7.50. The zero-order chi connectivity index (χ0) is 22.4. The second kappa shape index (κ2) is 10.5. The fraction of sp³-hybridized carbons (Fsp3) is 0.409. The number of nitrogens with one attached hydrogen (secondary N) is 1. The maximum absolute atomic E-state index is 13.6. The number of aryl methyl sites for hydroxylation is 1. The molecule has 2 aromatic carbocycles. The molecule has 0 atom stereocenters. The number of piperazine rings is 1. The van der Waals surface area contributed by atoms with Crippen LogP contribution in [0.1, 0.15) is 17.5 Å². The van der Waals surface area contributed by atoms with E-state index in [4.69, 9.17) is 16.3 Å². The van der Waals surface area contributed by atoms with Gasteiger partial charge in [0.05, 0.1) is 7.11 Å². The van der Waals surface area contributed by atoms with Crippen molar-refractivity contribution in [1.29, 1.82) is 0 Å². The minimum Gasteiger partial charge on any atom is -0.495 e. The molecule has 1 fully saturated rings. The Balaban J connectivity index is 1.87. The Morgan fingerprint density at radius 1 is 1.16 bits per heavy atom. The second-order valence-corrected chi connectivity index (χ2v) is 9.84. The van der Waals surface area contributed by atoms with Gasteiger partial charge in [0, 0.05) is 50.7 Å². The van der Waals surface area contributed by atoms with Gasteiger partial charge in [-0.3, -0.25) is 4.79 Å². The van der Waals surface area contributed by atoms with Crippen molar-refractivity contribution < 1.29 is 17.9 Å². The third kappa shape index (κ3) is 5.98. The highest BCUT2D eigenvalue weighted by molar-refractivity contribution is 7.89. The highest BCUT2D eigenvalue weighted by atomic mass is 35.5. The summed E-state index contributed by atoms with van der Waals surface area (Å²) < 4.78 is 33.8. The lowest BCUT2D eigenvalue weighted by Gasteiger charge is -2.29. The van der Waals surface area contributed by atoms with E-state index in [-0.39, 0.29) is 36.1 Å². The molecular formula is C22H28ClN3O4S. The Bertz CT molecular complexity index is 1010. The number of hydrogen-bond donors (Lipinski definition) is 1. The lowest BCUT2D eigenvalue weighted by atomic mass is 10.1. The summed E-state index contributed by atoms with van der Waals surface area (Å²) in [7, 11) is -2.54. The first kappa shape index (κ1) is 23.5. The number of rotatable bonds is 8. The van der Waals surface area contributed by atoms with Crippen molar-refractivity contribution in [3.8, 4) is 5.75 Å². The van der Waals surface area contributed by atoms with Crippen LogP contribution in [0, 0.1) is 6.92 Å². The first-order chi connectivity index (χ1) is 14.8. The van der Waals surface area contributed by atoms with Gasteiger partial charge in [0.15, 0.2) is 0 Å². The van der Waals surface area contributed by atoms with Crippen molar-refractivity contribution in [1.82, 2.24) is 14.5 Å². The summed E-state index contributed by atoms with van der Waals surface area (Å²) in [6.45, 7) is 4.94. The number of nitrogens with zero attached hydrogens (tertiary/aromatic N) is 2. The third-order valence-electron chi connectivity index (χ3n) is 5.27. The molecule has 1 amide bonds. The van der Waals surface area contributed by atoms with Gasteiger partial charge in [-0.2, -0.15) is 4.31 Å². The number of benzene rings is 2. The zero-order valence-electron chi connectivity index (χ0n) is 17.8. The Hall–Kier alpha value is -2.13. The average molecular weight is 466 g/mol. The molecule has 0 bridgehead atoms. The topological polar surface area (TPSA) is 79.0 Å². The molecule has 9 heteroatoms. The minimum absolute atomic E-state index is 0.00997. The summed E-state index contributed by atoms with van der Waals surface area (Å²) in [5.41, 5.74) is 1.92. The molecule has 1 aliphatic rings. The van der Waals surface area contributed by atoms with Crippen molar-refractivity contribution in [2.24, 2.45) is 0 Å². The van der Waals surface area contributed by atoms with Crippen LogP contribution in [0.2, 0.25) is 5.02 Å². The van der Waals surface area contributed by atoms with Crippen molar-refractivity contribution in [2.75, 3.05) is 39.8 Å². The van der Waals surface area contributed by atoms with Gasteiger partial charge in [0.1, 0.15) is 10.6 Å². The normalized spacial score (nSPS) is 14.6. The molecular weight excluding hydrogens is 438 g/mol. The van der Waals surface area contributed by atoms with E-state index < -0.39 is 10.0 Å². The maximum atomic E-state index is 13.6. The summed E-state index contributed by atoms with van der Waals surface area (Å²) in [5.74, 6) is 0.162. The summed E-state index contributed by atoms with van der Waals surface area (Å²) >= 11 is 6.09. The molecule has 0 spiro atoms. The molecule has 0 aliphatic carbocycles. The van der Waals surface area contributed by atoms with Crippen LogP contribution in [-0.2, 0) is 21.4 Å². The van der Waals surface area contributed by atoms with Crippen LogP contribution in [-0.4, -0.2) is 63.4 Å². The van der Waals surface area contributed by atoms with Crippen LogP contribution in [0.25, 0.3) is 0 Å². The lowest BCUT2D eigenvalue weighted by molar-refractivity contribution is -0.131. The van der Waals surface area contributed by atoms with Gasteiger partial charge >= 0.3 is 0 Å². The third-order valence-corrected chi connectivity index (χ3v) is 7.37. The van der Waals surface area contributed by atoms with Crippen molar-refractivity contribution in [3.63, 3.8) is 0 Å². The maximum Gasteiger partial charge on any atom is 0.247 e. The van der Waals surface area contributed by atoms with E-state index in [0.29, 0.717) is 18.1 Å². The van der Waals surface area contributed by atoms with Crippen LogP contribution in [0.5, 0.6) is 5.75 Å². The van der Waals surface area contributed by atoms with Crippen LogP contribution >= 0.6 is 11.6 Å². The van der Waals surface area contributed by atoms with Gasteiger partial charge in [0.25, 0.3) is 0 Å². The molecule has 2 aromatic rings. The van der Waals surface area contributed by atoms with E-state index in [1.807, 2.05) is 31.2 Å². The Morgan fingerprint density at radius 2 is 1.84 bits per heavy atom. The number of amides is 1. The molecule has 1 heterocycles. The largest absolute Gasteiger partial charge is 0.495 e. The minimum atomic E-state index is -3.96. The van der Waals surface area contributed by atoms with Gasteiger partial charge in [-0.05, 0) is 30.7 Å². The number of carbonyl (C=O) groups is 1. The number of halogens is 1. The number of methoxy groups -OCH3 is 1. The summed E-state index contributed by atoms with van der Waals surface area (Å²) in [6.07, 6.45) is 0.105. The summed E-state index contributed by atoms with van der Waals surface area (Å²) in [5, 5.41) is 3.51. The molecule has 3 rings (SSSR count). The molecule has 7 nitrogen and oxygen atoms in total. The quantitative estimate of drug-likeness (QED) is 0.648. The van der Waals surface area contributed by atoms with E-state index in [1.165, 1.54) is 23.5 Å². The molecule has 0 unspecified atom stereocenters. The molecule has 1 saturated heterocycles. The molecule has 31 heavy (non-hydrogen) atoms. The van der Waals surface area contributed by atoms with Gasteiger partial charge < -0.3 is 15.0 Å². The molecule has 0 saturated carbocycles. The van der Waals surface area contributed by atoms with Crippen LogP contribution in [0.4, 0.5) is 0 Å². The fourth-order valence-electron chi connectivity index (χ4n) is 3.47. The van der Waals surface area contributed by atoms with Crippen LogP contribution in [0.3, 0.4) is 0 Å². The highest BCUT2D eigenvalue weighted by Crippen LogP contribution is 2.30. The fourth-order valence-corrected chi connectivity index (χ4v) is 5.31. The average Bonchev–Trinajstić information content (AvgIpc) is 2.78. The summed E-state index contributed by atoms with van der Waals surface area (Å²) in [6, 6.07) is 12.2. The first-order valence-corrected chi connectivity index (χ1v) is 12.0. The number of carbonyl (C=O) groups excluding carboxylic acids is 1. The standard InChI is InChI=1S/C22H28ClN3O4S/c1-17-3-5-18(6-4-17)16-26(12-9-22(27)25-13-10-24-11-14-25)31(28,29)21-15-19(23)7-8-20(21)30-2/h3-8,15,24H,9-14,16H2,1-2H3. The number of ether oxygens (including phenoxy) is 1. The van der Waals surface area contributed by atoms with E-state index in [0.717, 1.165) is 24.2 Å². The predicted octanol–water partition coefficient (Wildman–Crippen LogP) is 2.67. The molecule has 1 aliphatic heterocycles. The monoisotopic (exact) mass is 465 g/mol. The van der Waals surface area contributed by atoms with Crippen molar-refractivity contribution in [3.05, 3.63) is 58.6 Å².